The minimum atomic E-state index is -5.75. The van der Waals surface area contributed by atoms with Crippen molar-refractivity contribution in [3.8, 4) is 0 Å². The van der Waals surface area contributed by atoms with E-state index in [1.807, 2.05) is 0 Å². The Morgan fingerprint density at radius 1 is 1.06 bits per heavy atom. The van der Waals surface area contributed by atoms with Crippen LogP contribution in [0.2, 0.25) is 0 Å². The van der Waals surface area contributed by atoms with Crippen LogP contribution in [0.1, 0.15) is 17.2 Å². The number of nitrogens with one attached hydrogen (secondary N) is 1. The fourth-order valence-electron chi connectivity index (χ4n) is 2.95. The van der Waals surface area contributed by atoms with Gasteiger partial charge in [0.15, 0.2) is 0 Å². The Kier molecular flexibility index (Phi) is 7.49. The molecule has 190 valence electrons. The molecule has 2 aromatic heterocycles. The zero-order valence-electron chi connectivity index (χ0n) is 16.8. The molecule has 0 spiro atoms. The van der Waals surface area contributed by atoms with Crippen molar-refractivity contribution in [3.63, 3.8) is 0 Å². The smallest absolute Gasteiger partial charge is 0.387 e. The van der Waals surface area contributed by atoms with Crippen LogP contribution in [0.15, 0.2) is 22.0 Å². The van der Waals surface area contributed by atoms with Gasteiger partial charge in [-0.05, 0) is 6.92 Å². The fraction of sp³-hybridized carbons (Fsp3) is 0.462. The first-order valence-corrected chi connectivity index (χ1v) is 13.4. The number of aliphatic hydroxyl groups is 2. The molecular weight excluding hydrogens is 531 g/mol. The van der Waals surface area contributed by atoms with Crippen molar-refractivity contribution in [1.82, 2.24) is 14.4 Å². The third-order valence-corrected chi connectivity index (χ3v) is 8.18. The van der Waals surface area contributed by atoms with Gasteiger partial charge in [-0.1, -0.05) is 0 Å². The number of nitrogens with zero attached hydrogens (tertiary/aromatic N) is 2. The molecule has 7 N–H and O–H groups in total. The number of ether oxygens (including phenoxy) is 1. The number of fused-ring (bicyclic) bond motifs is 1. The lowest BCUT2D eigenvalue weighted by atomic mass is 10.0. The molecule has 0 amide bonds. The molecule has 0 radical (unpaired) electrons. The second-order valence-electron chi connectivity index (χ2n) is 6.96. The molecule has 34 heavy (non-hydrogen) atoms. The Labute approximate surface area is 187 Å². The maximum absolute atomic E-state index is 12.4. The molecule has 18 nitrogen and oxygen atoms in total. The highest BCUT2D eigenvalue weighted by molar-refractivity contribution is 7.66. The Hall–Kier alpha value is -1.62. The lowest BCUT2D eigenvalue weighted by Gasteiger charge is -2.19. The highest BCUT2D eigenvalue weighted by Gasteiger charge is 2.47. The summed E-state index contributed by atoms with van der Waals surface area (Å²) in [6, 6.07) is 0. The van der Waals surface area contributed by atoms with Gasteiger partial charge in [-0.3, -0.25) is 23.5 Å². The summed E-state index contributed by atoms with van der Waals surface area (Å²) in [7, 11) is -16.8. The van der Waals surface area contributed by atoms with E-state index in [0.29, 0.717) is 0 Å². The molecule has 1 fully saturated rings. The van der Waals surface area contributed by atoms with Crippen LogP contribution in [0.3, 0.4) is 0 Å². The SMILES string of the molecule is Cc1cn2cc([C@@H]3O[C@H](COP(=O)(O)OP(=O)(O)OP(=O)(O)O)C(O)[C@@H]3O)c(=O)nc2[nH]c1=O. The molecule has 3 rings (SSSR count). The van der Waals surface area contributed by atoms with Crippen LogP contribution in [-0.4, -0.2) is 69.1 Å². The van der Waals surface area contributed by atoms with Crippen LogP contribution in [0.4, 0.5) is 0 Å². The number of phosphoric acid groups is 3. The monoisotopic (exact) mass is 549 g/mol. The van der Waals surface area contributed by atoms with Gasteiger partial charge in [0.05, 0.1) is 12.2 Å². The summed E-state index contributed by atoms with van der Waals surface area (Å²) in [5.41, 5.74) is -1.40. The van der Waals surface area contributed by atoms with Crippen LogP contribution in [0.25, 0.3) is 5.78 Å². The third kappa shape index (κ3) is 6.33. The summed E-state index contributed by atoms with van der Waals surface area (Å²) in [5, 5.41) is 20.5. The first-order valence-electron chi connectivity index (χ1n) is 8.91. The highest BCUT2D eigenvalue weighted by atomic mass is 31.3. The summed E-state index contributed by atoms with van der Waals surface area (Å²) in [5.74, 6) is -0.110. The van der Waals surface area contributed by atoms with Gasteiger partial charge in [-0.15, -0.1) is 0 Å². The van der Waals surface area contributed by atoms with E-state index in [0.717, 1.165) is 0 Å². The molecule has 0 aromatic carbocycles. The maximum atomic E-state index is 12.4. The van der Waals surface area contributed by atoms with Crippen molar-refractivity contribution in [2.24, 2.45) is 0 Å². The highest BCUT2D eigenvalue weighted by Crippen LogP contribution is 2.66. The number of aryl methyl sites for hydroxylation is 1. The van der Waals surface area contributed by atoms with Crippen LogP contribution in [-0.2, 0) is 31.6 Å². The van der Waals surface area contributed by atoms with E-state index in [1.54, 1.807) is 0 Å². The van der Waals surface area contributed by atoms with Crippen LogP contribution in [0.5, 0.6) is 0 Å². The predicted octanol–water partition coefficient (Wildman–Crippen LogP) is -1.80. The van der Waals surface area contributed by atoms with E-state index >= 15 is 0 Å². The quantitative estimate of drug-likeness (QED) is 0.179. The van der Waals surface area contributed by atoms with Crippen LogP contribution >= 0.6 is 23.5 Å². The molecule has 3 heterocycles. The zero-order chi connectivity index (χ0) is 25.6. The number of hydrogen-bond acceptors (Lipinski definition) is 12. The molecule has 0 aliphatic carbocycles. The summed E-state index contributed by atoms with van der Waals surface area (Å²) in [4.78, 5) is 65.7. The van der Waals surface area contributed by atoms with Gasteiger partial charge in [-0.2, -0.15) is 13.6 Å². The van der Waals surface area contributed by atoms with Gasteiger partial charge in [0.2, 0.25) is 5.78 Å². The van der Waals surface area contributed by atoms with Crippen molar-refractivity contribution in [2.45, 2.75) is 31.3 Å². The average Bonchev–Trinajstić information content (AvgIpc) is 2.93. The maximum Gasteiger partial charge on any atom is 0.490 e. The predicted molar refractivity (Wildman–Crippen MR) is 106 cm³/mol. The van der Waals surface area contributed by atoms with E-state index < -0.39 is 65.6 Å². The van der Waals surface area contributed by atoms with Gasteiger partial charge in [-0.25, -0.2) is 13.7 Å². The van der Waals surface area contributed by atoms with E-state index in [1.165, 1.54) is 23.7 Å². The minimum absolute atomic E-state index is 0.110. The molecule has 6 atom stereocenters. The summed E-state index contributed by atoms with van der Waals surface area (Å²) in [6.45, 7) is 0.437. The van der Waals surface area contributed by atoms with E-state index in [2.05, 4.69) is 23.1 Å². The van der Waals surface area contributed by atoms with Gasteiger partial charge in [0, 0.05) is 18.0 Å². The lowest BCUT2D eigenvalue weighted by molar-refractivity contribution is -0.0227. The van der Waals surface area contributed by atoms with E-state index in [4.69, 9.17) is 19.4 Å². The van der Waals surface area contributed by atoms with E-state index in [9.17, 15) is 38.4 Å². The van der Waals surface area contributed by atoms with Gasteiger partial charge < -0.3 is 34.5 Å². The van der Waals surface area contributed by atoms with Crippen LogP contribution in [0, 0.1) is 6.92 Å². The minimum Gasteiger partial charge on any atom is -0.387 e. The summed E-state index contributed by atoms with van der Waals surface area (Å²) in [6.07, 6.45) is -4.12. The molecule has 3 unspecified atom stereocenters. The molecule has 1 aliphatic rings. The second-order valence-corrected chi connectivity index (χ2v) is 11.4. The number of aliphatic hydroxyl groups excluding tert-OH is 2. The number of aromatic amines is 1. The number of phosphoric ester groups is 1. The van der Waals surface area contributed by atoms with Crippen molar-refractivity contribution >= 4 is 29.2 Å². The van der Waals surface area contributed by atoms with Crippen LogP contribution < -0.4 is 11.1 Å². The molecular formula is C13H18N3O15P3. The normalized spacial score (nSPS) is 26.9. The van der Waals surface area contributed by atoms with Gasteiger partial charge in [0.1, 0.15) is 24.4 Å². The second kappa shape index (κ2) is 9.44. The first kappa shape index (κ1) is 27.0. The van der Waals surface area contributed by atoms with Crippen molar-refractivity contribution in [3.05, 3.63) is 44.2 Å². The molecule has 1 aliphatic heterocycles. The molecule has 1 saturated heterocycles. The molecule has 0 bridgehead atoms. The first-order chi connectivity index (χ1) is 15.5. The van der Waals surface area contributed by atoms with Gasteiger partial charge in [0.25, 0.3) is 11.1 Å². The van der Waals surface area contributed by atoms with Crippen molar-refractivity contribution in [2.75, 3.05) is 6.61 Å². The third-order valence-electron chi connectivity index (χ3n) is 4.38. The summed E-state index contributed by atoms with van der Waals surface area (Å²) >= 11 is 0. The fourth-order valence-corrected chi connectivity index (χ4v) is 5.98. The summed E-state index contributed by atoms with van der Waals surface area (Å²) < 4.78 is 51.9. The van der Waals surface area contributed by atoms with Crippen molar-refractivity contribution in [1.29, 1.82) is 0 Å². The standard InChI is InChI=1S/C13H18N3O15P3/c1-5-2-16-3-6(12(20)15-13(16)14-11(5)19)10-9(18)8(17)7(29-10)4-28-33(24,25)31-34(26,27)30-32(21,22)23/h2-3,7-10,17-18H,4H2,1H3,(H,24,25)(H,26,27)(H2,21,22,23)(H,14,15,19,20)/t7-,8?,9+,10+/m1/s1. The molecule has 2 aromatic rings. The topological polar surface area (TPSA) is 277 Å². The molecule has 21 heteroatoms. The number of aromatic nitrogens is 3. The number of rotatable bonds is 8. The Balaban J connectivity index is 1.76. The zero-order valence-corrected chi connectivity index (χ0v) is 19.4. The lowest BCUT2D eigenvalue weighted by Crippen LogP contribution is -2.33. The Morgan fingerprint density at radius 2 is 1.71 bits per heavy atom. The largest absolute Gasteiger partial charge is 0.490 e. The van der Waals surface area contributed by atoms with Gasteiger partial charge >= 0.3 is 23.5 Å². The number of hydrogen-bond donors (Lipinski definition) is 7. The molecule has 0 saturated carbocycles. The Bertz CT molecular complexity index is 1350. The van der Waals surface area contributed by atoms with E-state index in [-0.39, 0.29) is 16.9 Å². The Morgan fingerprint density at radius 3 is 2.32 bits per heavy atom. The number of H-pyrrole nitrogens is 1. The van der Waals surface area contributed by atoms with Crippen molar-refractivity contribution < 1.29 is 61.4 Å². The average molecular weight is 549 g/mol.